The molecule has 0 aliphatic carbocycles. The molecule has 0 saturated heterocycles. The number of hydrogen-bond donors (Lipinski definition) is 0. The van der Waals surface area contributed by atoms with Gasteiger partial charge in [0.1, 0.15) is 17.8 Å². The third-order valence-electron chi connectivity index (χ3n) is 2.60. The first-order chi connectivity index (χ1) is 9.63. The van der Waals surface area contributed by atoms with E-state index in [9.17, 15) is 14.9 Å². The lowest BCUT2D eigenvalue weighted by Crippen LogP contribution is -1.94. The number of hydrogen-bond acceptors (Lipinski definition) is 5. The van der Waals surface area contributed by atoms with Gasteiger partial charge in [0.2, 0.25) is 0 Å². The summed E-state index contributed by atoms with van der Waals surface area (Å²) in [5.41, 5.74) is 0.354. The van der Waals surface area contributed by atoms with Gasteiger partial charge in [-0.15, -0.1) is 0 Å². The van der Waals surface area contributed by atoms with E-state index in [1.165, 1.54) is 19.2 Å². The van der Waals surface area contributed by atoms with Crippen LogP contribution in [0.1, 0.15) is 10.4 Å². The summed E-state index contributed by atoms with van der Waals surface area (Å²) in [5.74, 6) is 0.963. The molecule has 0 radical (unpaired) electrons. The Morgan fingerprint density at radius 1 is 1.10 bits per heavy atom. The third-order valence-corrected chi connectivity index (χ3v) is 2.60. The molecule has 0 aliphatic rings. The molecule has 20 heavy (non-hydrogen) atoms. The van der Waals surface area contributed by atoms with E-state index in [1.54, 1.807) is 30.3 Å². The molecule has 0 N–H and O–H groups in total. The van der Waals surface area contributed by atoms with Crippen molar-refractivity contribution in [3.05, 3.63) is 58.1 Å². The summed E-state index contributed by atoms with van der Waals surface area (Å²) in [7, 11) is 1.36. The summed E-state index contributed by atoms with van der Waals surface area (Å²) in [5, 5.41) is 10.9. The summed E-state index contributed by atoms with van der Waals surface area (Å²) >= 11 is 0. The zero-order valence-electron chi connectivity index (χ0n) is 10.6. The maximum Gasteiger partial charge on any atom is 0.314 e. The average Bonchev–Trinajstić information content (AvgIpc) is 2.48. The Bertz CT molecular complexity index is 637. The highest BCUT2D eigenvalue weighted by Gasteiger charge is 2.16. The van der Waals surface area contributed by atoms with Crippen LogP contribution in [0.25, 0.3) is 0 Å². The maximum absolute atomic E-state index is 10.9. The van der Waals surface area contributed by atoms with E-state index >= 15 is 0 Å². The van der Waals surface area contributed by atoms with Crippen LogP contribution in [-0.2, 0) is 0 Å². The molecule has 0 fully saturated rings. The van der Waals surface area contributed by atoms with E-state index in [1.807, 2.05) is 0 Å². The number of nitro groups is 1. The summed E-state index contributed by atoms with van der Waals surface area (Å²) in [6, 6.07) is 10.7. The predicted octanol–water partition coefficient (Wildman–Crippen LogP) is 3.21. The Balaban J connectivity index is 2.26. The Morgan fingerprint density at radius 3 is 2.30 bits per heavy atom. The maximum atomic E-state index is 10.9. The molecular formula is C14H11NO5. The van der Waals surface area contributed by atoms with E-state index in [0.717, 1.165) is 6.29 Å². The number of ether oxygens (including phenoxy) is 2. The molecule has 0 spiro atoms. The minimum Gasteiger partial charge on any atom is -0.490 e. The first-order valence-electron chi connectivity index (χ1n) is 5.69. The zero-order chi connectivity index (χ0) is 14.5. The van der Waals surface area contributed by atoms with Crippen LogP contribution in [0, 0.1) is 10.1 Å². The van der Waals surface area contributed by atoms with Crippen molar-refractivity contribution in [3.8, 4) is 17.2 Å². The summed E-state index contributed by atoms with van der Waals surface area (Å²) in [4.78, 5) is 20.9. The van der Waals surface area contributed by atoms with E-state index in [-0.39, 0.29) is 11.4 Å². The van der Waals surface area contributed by atoms with Crippen LogP contribution >= 0.6 is 0 Å². The van der Waals surface area contributed by atoms with Crippen molar-refractivity contribution in [2.45, 2.75) is 0 Å². The Hall–Kier alpha value is -2.89. The molecule has 0 bridgehead atoms. The predicted molar refractivity (Wildman–Crippen MR) is 71.6 cm³/mol. The first-order valence-corrected chi connectivity index (χ1v) is 5.69. The Kier molecular flexibility index (Phi) is 3.95. The summed E-state index contributed by atoms with van der Waals surface area (Å²) in [6.45, 7) is 0. The van der Waals surface area contributed by atoms with Crippen molar-refractivity contribution in [3.63, 3.8) is 0 Å². The van der Waals surface area contributed by atoms with Crippen LogP contribution in [-0.4, -0.2) is 18.3 Å². The number of methoxy groups -OCH3 is 1. The fourth-order valence-corrected chi connectivity index (χ4v) is 1.63. The van der Waals surface area contributed by atoms with Crippen LogP contribution < -0.4 is 9.47 Å². The third kappa shape index (κ3) is 2.92. The fourth-order valence-electron chi connectivity index (χ4n) is 1.63. The lowest BCUT2D eigenvalue weighted by Gasteiger charge is -2.07. The van der Waals surface area contributed by atoms with E-state index in [0.29, 0.717) is 17.1 Å². The van der Waals surface area contributed by atoms with Crippen LogP contribution in [0.3, 0.4) is 0 Å². The average molecular weight is 273 g/mol. The van der Waals surface area contributed by atoms with Crippen molar-refractivity contribution in [2.75, 3.05) is 7.11 Å². The fraction of sp³-hybridized carbons (Fsp3) is 0.0714. The number of aldehydes is 1. The number of nitrogens with zero attached hydrogens (tertiary/aromatic N) is 1. The van der Waals surface area contributed by atoms with Gasteiger partial charge in [-0.3, -0.25) is 14.9 Å². The smallest absolute Gasteiger partial charge is 0.314 e. The second-order valence-electron chi connectivity index (χ2n) is 3.88. The van der Waals surface area contributed by atoms with Crippen molar-refractivity contribution < 1.29 is 19.2 Å². The van der Waals surface area contributed by atoms with Gasteiger partial charge in [-0.2, -0.15) is 0 Å². The van der Waals surface area contributed by atoms with Crippen molar-refractivity contribution in [2.24, 2.45) is 0 Å². The normalized spacial score (nSPS) is 9.85. The van der Waals surface area contributed by atoms with Gasteiger partial charge in [0, 0.05) is 5.56 Å². The molecule has 0 aliphatic heterocycles. The molecule has 0 saturated carbocycles. The molecule has 0 heterocycles. The van der Waals surface area contributed by atoms with Crippen molar-refractivity contribution >= 4 is 12.0 Å². The van der Waals surface area contributed by atoms with Gasteiger partial charge in [-0.1, -0.05) is 0 Å². The van der Waals surface area contributed by atoms with Gasteiger partial charge in [-0.05, 0) is 36.4 Å². The van der Waals surface area contributed by atoms with Gasteiger partial charge in [0.15, 0.2) is 5.75 Å². The van der Waals surface area contributed by atoms with E-state index in [4.69, 9.17) is 9.47 Å². The molecule has 102 valence electrons. The quantitative estimate of drug-likeness (QED) is 0.475. The van der Waals surface area contributed by atoms with Gasteiger partial charge in [0.05, 0.1) is 18.1 Å². The van der Waals surface area contributed by atoms with E-state index in [2.05, 4.69) is 0 Å². The van der Waals surface area contributed by atoms with Gasteiger partial charge in [-0.25, -0.2) is 0 Å². The number of carbonyl (C=O) groups excluding carboxylic acids is 1. The highest BCUT2D eigenvalue weighted by Crippen LogP contribution is 2.32. The SMILES string of the molecule is COc1ccc(Oc2ccc(C=O)cc2)cc1[N+](=O)[O-]. The molecule has 6 heteroatoms. The van der Waals surface area contributed by atoms with Crippen LogP contribution in [0.15, 0.2) is 42.5 Å². The van der Waals surface area contributed by atoms with Crippen molar-refractivity contribution in [1.29, 1.82) is 0 Å². The minimum absolute atomic E-state index is 0.165. The Labute approximate surface area is 114 Å². The van der Waals surface area contributed by atoms with Crippen molar-refractivity contribution in [1.82, 2.24) is 0 Å². The molecule has 2 aromatic carbocycles. The molecule has 0 amide bonds. The largest absolute Gasteiger partial charge is 0.490 e. The van der Waals surface area contributed by atoms with Crippen LogP contribution in [0.4, 0.5) is 5.69 Å². The molecular weight excluding hydrogens is 262 g/mol. The number of benzene rings is 2. The highest BCUT2D eigenvalue weighted by atomic mass is 16.6. The summed E-state index contributed by atoms with van der Waals surface area (Å²) in [6.07, 6.45) is 0.724. The topological polar surface area (TPSA) is 78.7 Å². The molecule has 2 aromatic rings. The monoisotopic (exact) mass is 273 g/mol. The summed E-state index contributed by atoms with van der Waals surface area (Å²) < 4.78 is 10.4. The number of rotatable bonds is 5. The lowest BCUT2D eigenvalue weighted by molar-refractivity contribution is -0.385. The molecule has 0 aromatic heterocycles. The molecule has 6 nitrogen and oxygen atoms in total. The van der Waals surface area contributed by atoms with Gasteiger partial charge in [0.25, 0.3) is 0 Å². The second kappa shape index (κ2) is 5.83. The standard InChI is InChI=1S/C14H11NO5/c1-19-14-7-6-12(8-13(14)15(17)18)20-11-4-2-10(9-16)3-5-11/h2-9H,1H3. The minimum atomic E-state index is -0.540. The first kappa shape index (κ1) is 13.5. The second-order valence-corrected chi connectivity index (χ2v) is 3.88. The van der Waals surface area contributed by atoms with Crippen LogP contribution in [0.5, 0.6) is 17.2 Å². The molecule has 0 unspecified atom stereocenters. The van der Waals surface area contributed by atoms with E-state index < -0.39 is 4.92 Å². The molecule has 2 rings (SSSR count). The van der Waals surface area contributed by atoms with Gasteiger partial charge < -0.3 is 9.47 Å². The number of nitro benzene ring substituents is 1. The molecule has 0 atom stereocenters. The van der Waals surface area contributed by atoms with Gasteiger partial charge >= 0.3 is 5.69 Å². The zero-order valence-corrected chi connectivity index (χ0v) is 10.6. The Morgan fingerprint density at radius 2 is 1.75 bits per heavy atom. The van der Waals surface area contributed by atoms with Crippen LogP contribution in [0.2, 0.25) is 0 Å². The highest BCUT2D eigenvalue weighted by molar-refractivity contribution is 5.74. The number of carbonyl (C=O) groups is 1. The lowest BCUT2D eigenvalue weighted by atomic mass is 10.2.